The summed E-state index contributed by atoms with van der Waals surface area (Å²) in [5, 5.41) is 3.38. The van der Waals surface area contributed by atoms with E-state index in [-0.39, 0.29) is 5.43 Å². The van der Waals surface area contributed by atoms with Crippen molar-refractivity contribution >= 4 is 22.3 Å². The van der Waals surface area contributed by atoms with Crippen LogP contribution in [-0.2, 0) is 6.42 Å². The lowest BCUT2D eigenvalue weighted by molar-refractivity contribution is 0.336. The van der Waals surface area contributed by atoms with Crippen LogP contribution < -0.4 is 10.2 Å². The van der Waals surface area contributed by atoms with Gasteiger partial charge in [-0.3, -0.25) is 4.79 Å². The molecule has 0 saturated heterocycles. The molecule has 2 heterocycles. The van der Waals surface area contributed by atoms with Gasteiger partial charge in [-0.1, -0.05) is 6.92 Å². The summed E-state index contributed by atoms with van der Waals surface area (Å²) in [6.07, 6.45) is 2.28. The predicted octanol–water partition coefficient (Wildman–Crippen LogP) is 4.19. The van der Waals surface area contributed by atoms with Gasteiger partial charge in [0.1, 0.15) is 17.6 Å². The summed E-state index contributed by atoms with van der Waals surface area (Å²) in [6, 6.07) is 3.67. The highest BCUT2D eigenvalue weighted by molar-refractivity contribution is 7.09. The number of fused-ring (bicyclic) bond motifs is 1. The maximum absolute atomic E-state index is 12.7. The Kier molecular flexibility index (Phi) is 3.98. The van der Waals surface area contributed by atoms with Gasteiger partial charge in [0.05, 0.1) is 28.3 Å². The van der Waals surface area contributed by atoms with Crippen LogP contribution in [0.3, 0.4) is 0 Å². The summed E-state index contributed by atoms with van der Waals surface area (Å²) < 4.78 is 11.3. The molecule has 0 spiro atoms. The Labute approximate surface area is 132 Å². The molecule has 0 aliphatic rings. The minimum absolute atomic E-state index is 0.0516. The number of rotatable bonds is 4. The third-order valence-corrected chi connectivity index (χ3v) is 4.30. The van der Waals surface area contributed by atoms with E-state index in [2.05, 4.69) is 4.98 Å². The van der Waals surface area contributed by atoms with E-state index in [9.17, 15) is 4.79 Å². The molecule has 1 aromatic carbocycles. The smallest absolute Gasteiger partial charge is 0.202 e. The molecular formula is C17H17NO3S. The number of ether oxygens (including phenoxy) is 1. The molecule has 3 aromatic rings. The van der Waals surface area contributed by atoms with Crippen molar-refractivity contribution in [2.75, 3.05) is 6.61 Å². The first kappa shape index (κ1) is 14.8. The van der Waals surface area contributed by atoms with Gasteiger partial charge in [0, 0.05) is 11.4 Å². The van der Waals surface area contributed by atoms with Crippen LogP contribution in [0.5, 0.6) is 5.75 Å². The Balaban J connectivity index is 2.22. The fourth-order valence-electron chi connectivity index (χ4n) is 2.43. The van der Waals surface area contributed by atoms with Crippen molar-refractivity contribution in [1.29, 1.82) is 0 Å². The first-order chi connectivity index (χ1) is 10.6. The van der Waals surface area contributed by atoms with Crippen LogP contribution in [0.25, 0.3) is 22.2 Å². The minimum atomic E-state index is -0.0516. The third kappa shape index (κ3) is 2.52. The molecule has 0 N–H and O–H groups in total. The zero-order valence-electron chi connectivity index (χ0n) is 12.8. The molecule has 5 heteroatoms. The molecule has 0 aliphatic heterocycles. The van der Waals surface area contributed by atoms with Crippen LogP contribution in [0.2, 0.25) is 0 Å². The van der Waals surface area contributed by atoms with Crippen LogP contribution in [0.4, 0.5) is 0 Å². The van der Waals surface area contributed by atoms with Gasteiger partial charge in [-0.15, -0.1) is 11.3 Å². The normalized spacial score (nSPS) is 11.0. The van der Waals surface area contributed by atoms with E-state index in [1.165, 1.54) is 17.6 Å². The maximum atomic E-state index is 12.7. The zero-order valence-corrected chi connectivity index (χ0v) is 13.6. The van der Waals surface area contributed by atoms with Crippen LogP contribution in [0.15, 0.2) is 33.0 Å². The quantitative estimate of drug-likeness (QED) is 0.724. The molecule has 0 fully saturated rings. The molecule has 2 aromatic heterocycles. The average molecular weight is 315 g/mol. The van der Waals surface area contributed by atoms with Gasteiger partial charge in [-0.25, -0.2) is 4.98 Å². The minimum Gasteiger partial charge on any atom is -0.493 e. The molecule has 0 bridgehead atoms. The highest BCUT2D eigenvalue weighted by atomic mass is 32.1. The first-order valence-electron chi connectivity index (χ1n) is 7.27. The monoisotopic (exact) mass is 315 g/mol. The summed E-state index contributed by atoms with van der Waals surface area (Å²) in [5.74, 6) is 0.776. The van der Waals surface area contributed by atoms with E-state index in [0.29, 0.717) is 28.8 Å². The molecular weight excluding hydrogens is 298 g/mol. The summed E-state index contributed by atoms with van der Waals surface area (Å²) in [5.41, 5.74) is 2.67. The molecule has 4 nitrogen and oxygen atoms in total. The van der Waals surface area contributed by atoms with Crippen LogP contribution in [0.1, 0.15) is 24.4 Å². The summed E-state index contributed by atoms with van der Waals surface area (Å²) in [4.78, 5) is 17.1. The molecule has 114 valence electrons. The van der Waals surface area contributed by atoms with Crippen LogP contribution in [0, 0.1) is 6.92 Å². The first-order valence-corrected chi connectivity index (χ1v) is 8.15. The fourth-order valence-corrected chi connectivity index (χ4v) is 3.04. The van der Waals surface area contributed by atoms with Gasteiger partial charge >= 0.3 is 0 Å². The molecule has 0 amide bonds. The SMILES string of the molecule is CCOc1cc2occ(-c3csc(C)n3)c(=O)c2cc1CC. The molecule has 0 unspecified atom stereocenters. The second-order valence-corrected chi connectivity index (χ2v) is 6.04. The Morgan fingerprint density at radius 2 is 2.14 bits per heavy atom. The topological polar surface area (TPSA) is 52.3 Å². The van der Waals surface area contributed by atoms with Crippen molar-refractivity contribution in [1.82, 2.24) is 4.98 Å². The fraction of sp³-hybridized carbons (Fsp3) is 0.294. The summed E-state index contributed by atoms with van der Waals surface area (Å²) in [7, 11) is 0. The lowest BCUT2D eigenvalue weighted by atomic mass is 10.1. The highest BCUT2D eigenvalue weighted by Crippen LogP contribution is 2.27. The number of hydrogen-bond acceptors (Lipinski definition) is 5. The Morgan fingerprint density at radius 1 is 1.32 bits per heavy atom. The number of thiazole rings is 1. The van der Waals surface area contributed by atoms with Crippen molar-refractivity contribution in [3.05, 3.63) is 44.6 Å². The summed E-state index contributed by atoms with van der Waals surface area (Å²) >= 11 is 1.52. The van der Waals surface area contributed by atoms with Crippen molar-refractivity contribution in [2.45, 2.75) is 27.2 Å². The molecule has 22 heavy (non-hydrogen) atoms. The Hall–Kier alpha value is -2.14. The molecule has 3 rings (SSSR count). The summed E-state index contributed by atoms with van der Waals surface area (Å²) in [6.45, 7) is 6.48. The van der Waals surface area contributed by atoms with Crippen molar-refractivity contribution in [3.63, 3.8) is 0 Å². The molecule has 0 atom stereocenters. The van der Waals surface area contributed by atoms with Crippen molar-refractivity contribution in [2.24, 2.45) is 0 Å². The standard InChI is InChI=1S/C17H17NO3S/c1-4-11-6-12-16(7-15(11)20-5-2)21-8-13(17(12)19)14-9-22-10(3)18-14/h6-9H,4-5H2,1-3H3. The number of aryl methyl sites for hydroxylation is 2. The molecule has 0 saturated carbocycles. The average Bonchev–Trinajstić information content (AvgIpc) is 2.94. The van der Waals surface area contributed by atoms with Crippen LogP contribution in [-0.4, -0.2) is 11.6 Å². The lowest BCUT2D eigenvalue weighted by Gasteiger charge is -2.10. The van der Waals surface area contributed by atoms with E-state index < -0.39 is 0 Å². The highest BCUT2D eigenvalue weighted by Gasteiger charge is 2.14. The van der Waals surface area contributed by atoms with E-state index in [0.717, 1.165) is 22.7 Å². The van der Waals surface area contributed by atoms with E-state index in [1.54, 1.807) is 6.07 Å². The van der Waals surface area contributed by atoms with Gasteiger partial charge < -0.3 is 9.15 Å². The Bertz CT molecular complexity index is 879. The maximum Gasteiger partial charge on any atom is 0.202 e. The third-order valence-electron chi connectivity index (χ3n) is 3.53. The second kappa shape index (κ2) is 5.93. The number of benzene rings is 1. The lowest BCUT2D eigenvalue weighted by Crippen LogP contribution is -2.06. The van der Waals surface area contributed by atoms with Crippen molar-refractivity contribution < 1.29 is 9.15 Å². The predicted molar refractivity (Wildman–Crippen MR) is 88.9 cm³/mol. The van der Waals surface area contributed by atoms with E-state index in [1.807, 2.05) is 32.2 Å². The second-order valence-electron chi connectivity index (χ2n) is 4.97. The van der Waals surface area contributed by atoms with E-state index >= 15 is 0 Å². The number of hydrogen-bond donors (Lipinski definition) is 0. The zero-order chi connectivity index (χ0) is 15.7. The molecule has 0 radical (unpaired) electrons. The largest absolute Gasteiger partial charge is 0.493 e. The van der Waals surface area contributed by atoms with Gasteiger partial charge in [0.2, 0.25) is 5.43 Å². The van der Waals surface area contributed by atoms with E-state index in [4.69, 9.17) is 9.15 Å². The van der Waals surface area contributed by atoms with Crippen LogP contribution >= 0.6 is 11.3 Å². The van der Waals surface area contributed by atoms with Gasteiger partial charge in [-0.05, 0) is 31.9 Å². The number of nitrogens with zero attached hydrogens (tertiary/aromatic N) is 1. The van der Waals surface area contributed by atoms with Crippen molar-refractivity contribution in [3.8, 4) is 17.0 Å². The number of aromatic nitrogens is 1. The van der Waals surface area contributed by atoms with Gasteiger partial charge in [-0.2, -0.15) is 0 Å². The Morgan fingerprint density at radius 3 is 2.77 bits per heavy atom. The molecule has 0 aliphatic carbocycles. The van der Waals surface area contributed by atoms with Gasteiger partial charge in [0.25, 0.3) is 0 Å². The van der Waals surface area contributed by atoms with Gasteiger partial charge in [0.15, 0.2) is 0 Å².